The van der Waals surface area contributed by atoms with Crippen LogP contribution in [0, 0.1) is 5.92 Å². The summed E-state index contributed by atoms with van der Waals surface area (Å²) in [6, 6.07) is -0.806. The molecular weight excluding hydrogens is 370 g/mol. The molecule has 2 rings (SSSR count). The van der Waals surface area contributed by atoms with Crippen LogP contribution in [0.2, 0.25) is 0 Å². The quantitative estimate of drug-likeness (QED) is 0.186. The zero-order valence-electron chi connectivity index (χ0n) is 16.5. The standard InChI is InChI=1S/C18H33N3O7/c1-9-12(21(2)3)7-11(20-17(26)13(23)4-5-19)15(25)16(9)28-18-14(24)6-10(8-22)27-18/h9-16,18,22-25H,2,4-8,19H2,1,3H3/p+1. The van der Waals surface area contributed by atoms with E-state index < -0.39 is 48.8 Å². The summed E-state index contributed by atoms with van der Waals surface area (Å²) in [6.45, 7) is 5.75. The molecule has 1 heterocycles. The van der Waals surface area contributed by atoms with Crippen LogP contribution in [0.1, 0.15) is 26.2 Å². The van der Waals surface area contributed by atoms with E-state index in [0.717, 1.165) is 0 Å². The molecule has 9 atom stereocenters. The fourth-order valence-electron chi connectivity index (χ4n) is 3.98. The van der Waals surface area contributed by atoms with E-state index in [1.54, 1.807) is 11.6 Å². The molecule has 1 aliphatic heterocycles. The third kappa shape index (κ3) is 5.26. The molecule has 0 bridgehead atoms. The molecule has 162 valence electrons. The molecule has 1 aliphatic carbocycles. The first-order valence-electron chi connectivity index (χ1n) is 9.69. The number of nitrogens with zero attached hydrogens (tertiary/aromatic N) is 1. The number of aliphatic hydroxyl groups excluding tert-OH is 4. The number of ether oxygens (including phenoxy) is 2. The van der Waals surface area contributed by atoms with E-state index in [1.807, 2.05) is 6.92 Å². The average molecular weight is 404 g/mol. The van der Waals surface area contributed by atoms with Gasteiger partial charge in [0.25, 0.3) is 0 Å². The number of carbonyl (C=O) groups excluding carboxylic acids is 1. The fourth-order valence-corrected chi connectivity index (χ4v) is 3.98. The summed E-state index contributed by atoms with van der Waals surface area (Å²) in [6.07, 6.45) is -4.74. The molecule has 9 unspecified atom stereocenters. The number of aliphatic hydroxyl groups is 4. The van der Waals surface area contributed by atoms with E-state index in [9.17, 15) is 25.2 Å². The summed E-state index contributed by atoms with van der Waals surface area (Å²) in [4.78, 5) is 12.2. The highest BCUT2D eigenvalue weighted by molar-refractivity contribution is 5.80. The van der Waals surface area contributed by atoms with Gasteiger partial charge in [0, 0.05) is 18.8 Å². The highest BCUT2D eigenvalue weighted by Crippen LogP contribution is 2.33. The van der Waals surface area contributed by atoms with E-state index in [0.29, 0.717) is 6.42 Å². The van der Waals surface area contributed by atoms with Crippen LogP contribution < -0.4 is 11.1 Å². The van der Waals surface area contributed by atoms with Gasteiger partial charge < -0.3 is 41.0 Å². The van der Waals surface area contributed by atoms with Gasteiger partial charge in [0.1, 0.15) is 32.1 Å². The van der Waals surface area contributed by atoms with Crippen molar-refractivity contribution >= 4 is 12.6 Å². The van der Waals surface area contributed by atoms with Crippen LogP contribution in [-0.2, 0) is 14.3 Å². The number of amides is 1. The van der Waals surface area contributed by atoms with Gasteiger partial charge in [0.2, 0.25) is 5.91 Å². The van der Waals surface area contributed by atoms with Gasteiger partial charge in [0.05, 0.1) is 24.9 Å². The predicted molar refractivity (Wildman–Crippen MR) is 99.7 cm³/mol. The van der Waals surface area contributed by atoms with Crippen molar-refractivity contribution in [2.45, 2.75) is 75.1 Å². The molecule has 10 heteroatoms. The Kier molecular flexibility index (Phi) is 8.31. The van der Waals surface area contributed by atoms with Gasteiger partial charge in [-0.25, -0.2) is 4.58 Å². The highest BCUT2D eigenvalue weighted by atomic mass is 16.7. The minimum Gasteiger partial charge on any atom is -0.394 e. The lowest BCUT2D eigenvalue weighted by Gasteiger charge is -2.42. The minimum atomic E-state index is -1.25. The minimum absolute atomic E-state index is 0.119. The summed E-state index contributed by atoms with van der Waals surface area (Å²) >= 11 is 0. The molecule has 0 aromatic rings. The molecule has 0 aromatic heterocycles. The Bertz CT molecular complexity index is 549. The number of nitrogens with two attached hydrogens (primary N) is 1. The Labute approximate surface area is 164 Å². The van der Waals surface area contributed by atoms with E-state index in [4.69, 9.17) is 15.2 Å². The first-order valence-corrected chi connectivity index (χ1v) is 9.69. The molecule has 0 spiro atoms. The molecule has 0 radical (unpaired) electrons. The van der Waals surface area contributed by atoms with Crippen molar-refractivity contribution in [1.29, 1.82) is 0 Å². The fraction of sp³-hybridized carbons (Fsp3) is 0.889. The number of hydrogen-bond donors (Lipinski definition) is 6. The molecule has 2 aliphatic rings. The van der Waals surface area contributed by atoms with Crippen molar-refractivity contribution in [2.24, 2.45) is 11.7 Å². The lowest BCUT2D eigenvalue weighted by molar-refractivity contribution is -0.548. The Hall–Kier alpha value is -1.14. The number of hydrogen-bond acceptors (Lipinski definition) is 8. The molecule has 7 N–H and O–H groups in total. The van der Waals surface area contributed by atoms with Crippen LogP contribution in [0.5, 0.6) is 0 Å². The van der Waals surface area contributed by atoms with Crippen molar-refractivity contribution in [3.63, 3.8) is 0 Å². The second-order valence-electron chi connectivity index (χ2n) is 7.83. The zero-order valence-corrected chi connectivity index (χ0v) is 16.5. The summed E-state index contributed by atoms with van der Waals surface area (Å²) in [5.74, 6) is -0.783. The summed E-state index contributed by atoms with van der Waals surface area (Å²) in [7, 11) is 1.79. The SMILES string of the molecule is C=[N+](C)C1CC(NC(=O)C(O)CCN)C(O)C(OC2OC(CO)CC2O)C1C. The summed E-state index contributed by atoms with van der Waals surface area (Å²) in [5, 5.41) is 42.7. The van der Waals surface area contributed by atoms with Crippen molar-refractivity contribution < 1.29 is 39.3 Å². The second kappa shape index (κ2) is 10.1. The zero-order chi connectivity index (χ0) is 21.0. The lowest BCUT2D eigenvalue weighted by Crippen LogP contribution is -2.62. The van der Waals surface area contributed by atoms with Crippen LogP contribution in [0.4, 0.5) is 0 Å². The molecule has 1 saturated carbocycles. The lowest BCUT2D eigenvalue weighted by atomic mass is 9.78. The van der Waals surface area contributed by atoms with Crippen molar-refractivity contribution in [1.82, 2.24) is 5.32 Å². The first kappa shape index (κ1) is 23.1. The van der Waals surface area contributed by atoms with Crippen LogP contribution in [-0.4, -0.2) is 107 Å². The van der Waals surface area contributed by atoms with E-state index >= 15 is 0 Å². The third-order valence-corrected chi connectivity index (χ3v) is 5.65. The molecule has 0 aromatic carbocycles. The van der Waals surface area contributed by atoms with Gasteiger partial charge in [-0.05, 0) is 13.0 Å². The van der Waals surface area contributed by atoms with Gasteiger partial charge in [-0.15, -0.1) is 0 Å². The van der Waals surface area contributed by atoms with Gasteiger partial charge >= 0.3 is 0 Å². The maximum absolute atomic E-state index is 12.2. The van der Waals surface area contributed by atoms with Crippen LogP contribution in [0.25, 0.3) is 0 Å². The summed E-state index contributed by atoms with van der Waals surface area (Å²) < 4.78 is 13.1. The van der Waals surface area contributed by atoms with Crippen molar-refractivity contribution in [3.8, 4) is 0 Å². The number of carbonyl (C=O) groups is 1. The Morgan fingerprint density at radius 1 is 1.43 bits per heavy atom. The van der Waals surface area contributed by atoms with Crippen LogP contribution in [0.15, 0.2) is 0 Å². The Morgan fingerprint density at radius 3 is 2.64 bits per heavy atom. The highest BCUT2D eigenvalue weighted by Gasteiger charge is 2.49. The predicted octanol–water partition coefficient (Wildman–Crippen LogP) is -2.85. The van der Waals surface area contributed by atoms with Gasteiger partial charge in [-0.3, -0.25) is 4.79 Å². The number of nitrogens with one attached hydrogen (secondary N) is 1. The largest absolute Gasteiger partial charge is 0.394 e. The maximum atomic E-state index is 12.2. The van der Waals surface area contributed by atoms with Gasteiger partial charge in [-0.2, -0.15) is 0 Å². The molecule has 10 nitrogen and oxygen atoms in total. The maximum Gasteiger partial charge on any atom is 0.249 e. The normalized spacial score (nSPS) is 39.5. The third-order valence-electron chi connectivity index (χ3n) is 5.65. The van der Waals surface area contributed by atoms with E-state index in [1.165, 1.54) is 0 Å². The first-order chi connectivity index (χ1) is 13.2. The molecule has 1 saturated heterocycles. The van der Waals surface area contributed by atoms with Gasteiger partial charge in [-0.1, -0.05) is 6.92 Å². The Balaban J connectivity index is 2.13. The molecule has 1 amide bonds. The summed E-state index contributed by atoms with van der Waals surface area (Å²) in [5.41, 5.74) is 5.38. The molecule has 2 fully saturated rings. The van der Waals surface area contributed by atoms with Crippen LogP contribution >= 0.6 is 0 Å². The van der Waals surface area contributed by atoms with E-state index in [-0.39, 0.29) is 38.0 Å². The van der Waals surface area contributed by atoms with Gasteiger partial charge in [0.15, 0.2) is 12.3 Å². The monoisotopic (exact) mass is 404 g/mol. The molecule has 28 heavy (non-hydrogen) atoms. The topological polar surface area (TPSA) is 158 Å². The van der Waals surface area contributed by atoms with Crippen LogP contribution in [0.3, 0.4) is 0 Å². The van der Waals surface area contributed by atoms with Crippen molar-refractivity contribution in [3.05, 3.63) is 0 Å². The molecular formula is C18H34N3O7+. The number of rotatable bonds is 8. The average Bonchev–Trinajstić information content (AvgIpc) is 3.00. The Morgan fingerprint density at radius 2 is 2.11 bits per heavy atom. The van der Waals surface area contributed by atoms with Crippen molar-refractivity contribution in [2.75, 3.05) is 20.2 Å². The smallest absolute Gasteiger partial charge is 0.249 e. The van der Waals surface area contributed by atoms with E-state index in [2.05, 4.69) is 12.0 Å². The second-order valence-corrected chi connectivity index (χ2v) is 7.83.